The molecule has 1 heterocycles. The topological polar surface area (TPSA) is 60.8 Å². The number of Topliss-reactive ketones (excluding diaryl/α,β-unsaturated/α-hetero) is 1. The molecule has 1 aliphatic heterocycles. The summed E-state index contributed by atoms with van der Waals surface area (Å²) in [5, 5.41) is 20.3. The van der Waals surface area contributed by atoms with Crippen molar-refractivity contribution >= 4 is 5.78 Å². The summed E-state index contributed by atoms with van der Waals surface area (Å²) in [6.07, 6.45) is 1.24. The van der Waals surface area contributed by atoms with E-state index in [4.69, 9.17) is 0 Å². The van der Waals surface area contributed by atoms with Crippen LogP contribution in [0, 0.1) is 17.7 Å². The van der Waals surface area contributed by atoms with Crippen molar-refractivity contribution in [1.82, 2.24) is 4.90 Å². The predicted molar refractivity (Wildman–Crippen MR) is 95.5 cm³/mol. The highest BCUT2D eigenvalue weighted by Gasteiger charge is 2.56. The fourth-order valence-electron chi connectivity index (χ4n) is 4.45. The van der Waals surface area contributed by atoms with Crippen molar-refractivity contribution in [2.24, 2.45) is 11.8 Å². The van der Waals surface area contributed by atoms with E-state index in [9.17, 15) is 19.4 Å². The Labute approximate surface area is 151 Å². The minimum Gasteiger partial charge on any atom is -0.508 e. The molecule has 26 heavy (non-hydrogen) atoms. The molecule has 5 heteroatoms. The second kappa shape index (κ2) is 6.49. The number of hydrogen-bond donors (Lipinski definition) is 2. The number of nitrogens with zero attached hydrogens (tertiary/aromatic N) is 1. The molecule has 0 bridgehead atoms. The molecule has 0 unspecified atom stereocenters. The number of likely N-dealkylation sites (tertiary alicyclic amines) is 1. The minimum absolute atomic E-state index is 0.0216. The van der Waals surface area contributed by atoms with Crippen LogP contribution in [-0.4, -0.2) is 46.1 Å². The predicted octanol–water partition coefficient (Wildman–Crippen LogP) is 2.64. The fraction of sp³-hybridized carbons (Fsp3) is 0.381. The molecule has 2 aliphatic rings. The normalized spacial score (nSPS) is 27.8. The molecule has 0 amide bonds. The van der Waals surface area contributed by atoms with Crippen LogP contribution in [0.2, 0.25) is 0 Å². The average molecular weight is 355 g/mol. The molecule has 2 aromatic carbocycles. The summed E-state index contributed by atoms with van der Waals surface area (Å²) < 4.78 is 13.1. The van der Waals surface area contributed by atoms with Gasteiger partial charge in [0.05, 0.1) is 12.1 Å². The zero-order chi connectivity index (χ0) is 18.3. The number of phenols is 1. The Hall–Kier alpha value is -2.24. The third-order valence-electron chi connectivity index (χ3n) is 5.80. The number of carbonyl (C=O) groups is 1. The molecule has 3 atom stereocenters. The van der Waals surface area contributed by atoms with Crippen LogP contribution in [-0.2, 0) is 6.42 Å². The summed E-state index contributed by atoms with van der Waals surface area (Å²) >= 11 is 0. The summed E-state index contributed by atoms with van der Waals surface area (Å²) in [6.45, 7) is 1.84. The van der Waals surface area contributed by atoms with Crippen molar-refractivity contribution in [2.45, 2.75) is 18.4 Å². The van der Waals surface area contributed by atoms with Crippen molar-refractivity contribution in [1.29, 1.82) is 0 Å². The van der Waals surface area contributed by atoms with Gasteiger partial charge in [-0.05, 0) is 54.3 Å². The van der Waals surface area contributed by atoms with Crippen molar-refractivity contribution in [3.05, 3.63) is 65.5 Å². The number of hydrogen-bond acceptors (Lipinski definition) is 4. The Morgan fingerprint density at radius 1 is 1.12 bits per heavy atom. The van der Waals surface area contributed by atoms with Gasteiger partial charge in [-0.1, -0.05) is 12.1 Å². The van der Waals surface area contributed by atoms with Gasteiger partial charge in [-0.3, -0.25) is 9.69 Å². The first-order valence-corrected chi connectivity index (χ1v) is 8.94. The Morgan fingerprint density at radius 2 is 1.81 bits per heavy atom. The average Bonchev–Trinajstić information content (AvgIpc) is 2.95. The second-order valence-corrected chi connectivity index (χ2v) is 7.64. The molecule has 2 N–H and O–H groups in total. The van der Waals surface area contributed by atoms with Crippen LogP contribution in [0.15, 0.2) is 48.5 Å². The van der Waals surface area contributed by atoms with Crippen molar-refractivity contribution in [2.75, 3.05) is 19.6 Å². The number of ketones is 1. The number of carbonyl (C=O) groups excluding carboxylic acids is 1. The lowest BCUT2D eigenvalue weighted by Crippen LogP contribution is -2.55. The molecule has 2 aromatic rings. The third kappa shape index (κ3) is 3.24. The Bertz CT molecular complexity index is 805. The highest BCUT2D eigenvalue weighted by Crippen LogP contribution is 2.50. The van der Waals surface area contributed by atoms with Crippen LogP contribution in [0.5, 0.6) is 5.75 Å². The molecule has 0 aromatic heterocycles. The second-order valence-electron chi connectivity index (χ2n) is 7.64. The lowest BCUT2D eigenvalue weighted by molar-refractivity contribution is -0.116. The number of halogens is 1. The van der Waals surface area contributed by atoms with E-state index in [0.29, 0.717) is 31.0 Å². The molecule has 4 rings (SSSR count). The van der Waals surface area contributed by atoms with Crippen molar-refractivity contribution in [3.8, 4) is 5.75 Å². The first-order chi connectivity index (χ1) is 12.4. The van der Waals surface area contributed by atoms with Crippen molar-refractivity contribution in [3.63, 3.8) is 0 Å². The Morgan fingerprint density at radius 3 is 2.50 bits per heavy atom. The van der Waals surface area contributed by atoms with Crippen LogP contribution in [0.4, 0.5) is 4.39 Å². The van der Waals surface area contributed by atoms with E-state index in [1.165, 1.54) is 24.3 Å². The molecule has 1 saturated carbocycles. The smallest absolute Gasteiger partial charge is 0.176 e. The van der Waals surface area contributed by atoms with Crippen LogP contribution < -0.4 is 0 Å². The zero-order valence-corrected chi connectivity index (χ0v) is 14.4. The molecule has 1 saturated heterocycles. The number of aliphatic hydroxyl groups is 1. The van der Waals surface area contributed by atoms with Gasteiger partial charge >= 0.3 is 0 Å². The van der Waals surface area contributed by atoms with E-state index in [-0.39, 0.29) is 23.3 Å². The minimum atomic E-state index is -0.765. The van der Waals surface area contributed by atoms with Crippen LogP contribution >= 0.6 is 0 Å². The van der Waals surface area contributed by atoms with Gasteiger partial charge in [-0.15, -0.1) is 0 Å². The monoisotopic (exact) mass is 355 g/mol. The molecule has 0 spiro atoms. The lowest BCUT2D eigenvalue weighted by Gasteiger charge is -2.48. The van der Waals surface area contributed by atoms with Gasteiger partial charge in [0.2, 0.25) is 0 Å². The van der Waals surface area contributed by atoms with Crippen molar-refractivity contribution < 1.29 is 19.4 Å². The maximum absolute atomic E-state index is 13.1. The Balaban J connectivity index is 1.37. The lowest BCUT2D eigenvalue weighted by atomic mass is 9.61. The van der Waals surface area contributed by atoms with Gasteiger partial charge < -0.3 is 10.2 Å². The third-order valence-corrected chi connectivity index (χ3v) is 5.80. The summed E-state index contributed by atoms with van der Waals surface area (Å²) in [6, 6.07) is 12.6. The van der Waals surface area contributed by atoms with E-state index >= 15 is 0 Å². The molecule has 4 nitrogen and oxygen atoms in total. The number of rotatable bonds is 5. The summed E-state index contributed by atoms with van der Waals surface area (Å²) in [5.41, 5.74) is 0.758. The first-order valence-electron chi connectivity index (χ1n) is 8.94. The van der Waals surface area contributed by atoms with Gasteiger partial charge in [0, 0.05) is 31.0 Å². The van der Waals surface area contributed by atoms with E-state index in [0.717, 1.165) is 18.5 Å². The molecule has 136 valence electrons. The maximum Gasteiger partial charge on any atom is 0.176 e. The largest absolute Gasteiger partial charge is 0.508 e. The quantitative estimate of drug-likeness (QED) is 0.810. The Kier molecular flexibility index (Phi) is 4.29. The van der Waals surface area contributed by atoms with E-state index in [1.807, 2.05) is 0 Å². The number of phenolic OH excluding ortho intramolecular Hbond substituents is 1. The summed E-state index contributed by atoms with van der Waals surface area (Å²) in [4.78, 5) is 14.5. The van der Waals surface area contributed by atoms with Crippen LogP contribution in [0.25, 0.3) is 0 Å². The number of fused-ring (bicyclic) bond motifs is 1. The van der Waals surface area contributed by atoms with Gasteiger partial charge in [-0.25, -0.2) is 4.39 Å². The van der Waals surface area contributed by atoms with E-state index in [1.54, 1.807) is 24.3 Å². The first kappa shape index (κ1) is 17.2. The molecule has 2 fully saturated rings. The van der Waals surface area contributed by atoms with E-state index in [2.05, 4.69) is 4.90 Å². The van der Waals surface area contributed by atoms with Gasteiger partial charge in [0.1, 0.15) is 11.6 Å². The van der Waals surface area contributed by atoms with Gasteiger partial charge in [0.15, 0.2) is 5.78 Å². The maximum atomic E-state index is 13.1. The van der Waals surface area contributed by atoms with E-state index < -0.39 is 5.60 Å². The molecular weight excluding hydrogens is 333 g/mol. The fourth-order valence-corrected chi connectivity index (χ4v) is 4.45. The number of aromatic hydroxyl groups is 1. The number of benzene rings is 2. The zero-order valence-electron chi connectivity index (χ0n) is 14.4. The van der Waals surface area contributed by atoms with Gasteiger partial charge in [-0.2, -0.15) is 0 Å². The summed E-state index contributed by atoms with van der Waals surface area (Å²) in [7, 11) is 0. The van der Waals surface area contributed by atoms with Crippen LogP contribution in [0.1, 0.15) is 22.3 Å². The SMILES string of the molecule is O=C(CN1C[C@H]2C[C@](O)(Cc3ccc(F)cc3)[C@H]2C1)c1ccc(O)cc1. The molecular formula is C21H22FNO3. The van der Waals surface area contributed by atoms with Gasteiger partial charge in [0.25, 0.3) is 0 Å². The standard InChI is InChI=1S/C21H22FNO3/c22-17-5-1-14(2-6-17)9-21(26)10-16-11-23(12-19(16)21)13-20(25)15-3-7-18(24)8-4-15/h1-8,16,19,24,26H,9-13H2/t16-,19+,21-/m1/s1. The highest BCUT2D eigenvalue weighted by atomic mass is 19.1. The summed E-state index contributed by atoms with van der Waals surface area (Å²) in [5.74, 6) is 0.459. The highest BCUT2D eigenvalue weighted by molar-refractivity contribution is 5.97. The molecule has 0 radical (unpaired) electrons. The van der Waals surface area contributed by atoms with Crippen LogP contribution in [0.3, 0.4) is 0 Å². The molecule has 1 aliphatic carbocycles.